The quantitative estimate of drug-likeness (QED) is 0.557. The predicted molar refractivity (Wildman–Crippen MR) is 124 cm³/mol. The molecule has 0 fully saturated rings. The maximum absolute atomic E-state index is 12.4. The molecule has 0 unspecified atom stereocenters. The molecule has 31 heavy (non-hydrogen) atoms. The van der Waals surface area contributed by atoms with Crippen LogP contribution in [0.3, 0.4) is 0 Å². The summed E-state index contributed by atoms with van der Waals surface area (Å²) in [6.07, 6.45) is 0.290. The van der Waals surface area contributed by atoms with Crippen molar-refractivity contribution in [3.8, 4) is 5.75 Å². The number of nitrogens with one attached hydrogen (secondary N) is 2. The SMILES string of the molecule is CC(C)(C)c1ccccc1OCC(=O)Nc1cccc(NC(=O)Cc2ccccc2)c1. The fourth-order valence-electron chi connectivity index (χ4n) is 3.21. The summed E-state index contributed by atoms with van der Waals surface area (Å²) in [6.45, 7) is 6.21. The van der Waals surface area contributed by atoms with Crippen LogP contribution in [-0.2, 0) is 21.4 Å². The van der Waals surface area contributed by atoms with E-state index in [1.807, 2.05) is 54.6 Å². The number of rotatable bonds is 7. The largest absolute Gasteiger partial charge is 0.483 e. The van der Waals surface area contributed by atoms with Crippen molar-refractivity contribution in [3.63, 3.8) is 0 Å². The Labute approximate surface area is 183 Å². The lowest BCUT2D eigenvalue weighted by Gasteiger charge is -2.22. The third kappa shape index (κ3) is 6.71. The van der Waals surface area contributed by atoms with E-state index in [9.17, 15) is 9.59 Å². The second-order valence-electron chi connectivity index (χ2n) is 8.37. The van der Waals surface area contributed by atoms with E-state index < -0.39 is 0 Å². The van der Waals surface area contributed by atoms with E-state index in [2.05, 4.69) is 31.4 Å². The van der Waals surface area contributed by atoms with Crippen molar-refractivity contribution < 1.29 is 14.3 Å². The lowest BCUT2D eigenvalue weighted by molar-refractivity contribution is -0.118. The Bertz CT molecular complexity index is 1040. The Hall–Kier alpha value is -3.60. The topological polar surface area (TPSA) is 67.4 Å². The van der Waals surface area contributed by atoms with Gasteiger partial charge in [-0.15, -0.1) is 0 Å². The number of hydrogen-bond acceptors (Lipinski definition) is 3. The van der Waals surface area contributed by atoms with E-state index in [4.69, 9.17) is 4.74 Å². The Balaban J connectivity index is 1.56. The van der Waals surface area contributed by atoms with Crippen LogP contribution in [0, 0.1) is 0 Å². The van der Waals surface area contributed by atoms with Gasteiger partial charge in [-0.25, -0.2) is 0 Å². The number of para-hydroxylation sites is 1. The zero-order valence-electron chi connectivity index (χ0n) is 18.1. The Morgan fingerprint density at radius 3 is 2.06 bits per heavy atom. The minimum absolute atomic E-state index is 0.0840. The fraction of sp³-hybridized carbons (Fsp3) is 0.231. The van der Waals surface area contributed by atoms with Gasteiger partial charge in [0.15, 0.2) is 6.61 Å². The molecule has 0 aliphatic rings. The number of benzene rings is 3. The van der Waals surface area contributed by atoms with Crippen LogP contribution in [0.2, 0.25) is 0 Å². The average Bonchev–Trinajstić information content (AvgIpc) is 2.73. The molecule has 5 nitrogen and oxygen atoms in total. The molecule has 0 heterocycles. The van der Waals surface area contributed by atoms with Crippen LogP contribution in [0.15, 0.2) is 78.9 Å². The van der Waals surface area contributed by atoms with Crippen molar-refractivity contribution in [2.24, 2.45) is 0 Å². The van der Waals surface area contributed by atoms with Crippen LogP contribution in [0.4, 0.5) is 11.4 Å². The van der Waals surface area contributed by atoms with Crippen LogP contribution in [0.1, 0.15) is 31.9 Å². The number of carbonyl (C=O) groups excluding carboxylic acids is 2. The lowest BCUT2D eigenvalue weighted by Crippen LogP contribution is -2.22. The molecule has 0 aliphatic carbocycles. The summed E-state index contributed by atoms with van der Waals surface area (Å²) < 4.78 is 5.78. The van der Waals surface area contributed by atoms with Crippen LogP contribution in [0.25, 0.3) is 0 Å². The number of hydrogen-bond donors (Lipinski definition) is 2. The molecule has 5 heteroatoms. The first-order valence-corrected chi connectivity index (χ1v) is 10.3. The molecule has 0 aromatic heterocycles. The second kappa shape index (κ2) is 9.94. The number of anilines is 2. The van der Waals surface area contributed by atoms with Gasteiger partial charge in [-0.1, -0.05) is 75.4 Å². The molecule has 0 saturated carbocycles. The molecule has 0 radical (unpaired) electrons. The summed E-state index contributed by atoms with van der Waals surface area (Å²) in [5.41, 5.74) is 3.12. The van der Waals surface area contributed by atoms with Gasteiger partial charge in [0, 0.05) is 11.4 Å². The third-order valence-electron chi connectivity index (χ3n) is 4.69. The highest BCUT2D eigenvalue weighted by Gasteiger charge is 2.19. The van der Waals surface area contributed by atoms with Crippen molar-refractivity contribution >= 4 is 23.2 Å². The van der Waals surface area contributed by atoms with E-state index >= 15 is 0 Å². The van der Waals surface area contributed by atoms with Gasteiger partial charge >= 0.3 is 0 Å². The lowest BCUT2D eigenvalue weighted by atomic mass is 9.86. The van der Waals surface area contributed by atoms with Crippen LogP contribution < -0.4 is 15.4 Å². The highest BCUT2D eigenvalue weighted by atomic mass is 16.5. The van der Waals surface area contributed by atoms with Gasteiger partial charge in [-0.05, 0) is 40.8 Å². The number of ether oxygens (including phenoxy) is 1. The summed E-state index contributed by atoms with van der Waals surface area (Å²) in [6, 6.07) is 24.3. The first-order valence-electron chi connectivity index (χ1n) is 10.3. The first-order chi connectivity index (χ1) is 14.8. The molecule has 0 aliphatic heterocycles. The Morgan fingerprint density at radius 2 is 1.39 bits per heavy atom. The third-order valence-corrected chi connectivity index (χ3v) is 4.69. The Morgan fingerprint density at radius 1 is 0.774 bits per heavy atom. The van der Waals surface area contributed by atoms with Gasteiger partial charge < -0.3 is 15.4 Å². The molecule has 3 aromatic carbocycles. The normalized spacial score (nSPS) is 10.9. The van der Waals surface area contributed by atoms with E-state index in [1.165, 1.54) is 0 Å². The average molecular weight is 417 g/mol. The highest BCUT2D eigenvalue weighted by Crippen LogP contribution is 2.30. The van der Waals surface area contributed by atoms with E-state index in [-0.39, 0.29) is 23.8 Å². The van der Waals surface area contributed by atoms with Crippen molar-refractivity contribution in [1.29, 1.82) is 0 Å². The zero-order valence-corrected chi connectivity index (χ0v) is 18.1. The molecule has 0 saturated heterocycles. The van der Waals surface area contributed by atoms with E-state index in [0.29, 0.717) is 23.5 Å². The molecule has 3 aromatic rings. The number of carbonyl (C=O) groups is 2. The van der Waals surface area contributed by atoms with Crippen LogP contribution in [0.5, 0.6) is 5.75 Å². The minimum atomic E-state index is -0.267. The van der Waals surface area contributed by atoms with Crippen molar-refractivity contribution in [2.75, 3.05) is 17.2 Å². The first kappa shape index (κ1) is 22.1. The van der Waals surface area contributed by atoms with Gasteiger partial charge in [0.2, 0.25) is 5.91 Å². The molecule has 0 atom stereocenters. The maximum atomic E-state index is 12.4. The Kier molecular flexibility index (Phi) is 7.08. The maximum Gasteiger partial charge on any atom is 0.262 e. The predicted octanol–water partition coefficient (Wildman–Crippen LogP) is 5.18. The molecule has 0 bridgehead atoms. The van der Waals surface area contributed by atoms with Gasteiger partial charge in [0.05, 0.1) is 6.42 Å². The highest BCUT2D eigenvalue weighted by molar-refractivity contribution is 5.95. The molecular formula is C26H28N2O3. The monoisotopic (exact) mass is 416 g/mol. The van der Waals surface area contributed by atoms with E-state index in [0.717, 1.165) is 11.1 Å². The van der Waals surface area contributed by atoms with Gasteiger partial charge in [-0.2, -0.15) is 0 Å². The zero-order chi connectivity index (χ0) is 22.3. The standard InChI is InChI=1S/C26H28N2O3/c1-26(2,3)22-14-7-8-15-23(22)31-18-25(30)28-21-13-9-12-20(17-21)27-24(29)16-19-10-5-4-6-11-19/h4-15,17H,16,18H2,1-3H3,(H,27,29)(H,28,30). The molecule has 2 amide bonds. The van der Waals surface area contributed by atoms with Crippen molar-refractivity contribution in [3.05, 3.63) is 90.0 Å². The second-order valence-corrected chi connectivity index (χ2v) is 8.37. The molecule has 2 N–H and O–H groups in total. The summed E-state index contributed by atoms with van der Waals surface area (Å²) in [5, 5.41) is 5.68. The van der Waals surface area contributed by atoms with Gasteiger partial charge in [-0.3, -0.25) is 9.59 Å². The fourth-order valence-corrected chi connectivity index (χ4v) is 3.21. The number of amides is 2. The summed E-state index contributed by atoms with van der Waals surface area (Å²) >= 11 is 0. The summed E-state index contributed by atoms with van der Waals surface area (Å²) in [5.74, 6) is 0.320. The summed E-state index contributed by atoms with van der Waals surface area (Å²) in [7, 11) is 0. The van der Waals surface area contributed by atoms with Crippen molar-refractivity contribution in [1.82, 2.24) is 0 Å². The minimum Gasteiger partial charge on any atom is -0.483 e. The van der Waals surface area contributed by atoms with E-state index in [1.54, 1.807) is 24.3 Å². The molecular weight excluding hydrogens is 388 g/mol. The van der Waals surface area contributed by atoms with Gasteiger partial charge in [0.1, 0.15) is 5.75 Å². The van der Waals surface area contributed by atoms with Crippen LogP contribution >= 0.6 is 0 Å². The summed E-state index contributed by atoms with van der Waals surface area (Å²) in [4.78, 5) is 24.7. The molecule has 0 spiro atoms. The molecule has 160 valence electrons. The molecule has 3 rings (SSSR count). The van der Waals surface area contributed by atoms with Crippen molar-refractivity contribution in [2.45, 2.75) is 32.6 Å². The van der Waals surface area contributed by atoms with Crippen LogP contribution in [-0.4, -0.2) is 18.4 Å². The smallest absolute Gasteiger partial charge is 0.262 e. The van der Waals surface area contributed by atoms with Gasteiger partial charge in [0.25, 0.3) is 5.91 Å².